The van der Waals surface area contributed by atoms with Crippen LogP contribution < -0.4 is 4.90 Å². The fraction of sp³-hybridized carbons (Fsp3) is 0.385. The van der Waals surface area contributed by atoms with Crippen LogP contribution in [0.25, 0.3) is 0 Å². The molecule has 1 aromatic carbocycles. The zero-order valence-electron chi connectivity index (χ0n) is 10.4. The molecule has 0 bridgehead atoms. The first-order valence-corrected chi connectivity index (χ1v) is 5.91. The number of halogens is 1. The van der Waals surface area contributed by atoms with E-state index < -0.39 is 11.8 Å². The average molecular weight is 250 g/mol. The molecule has 0 radical (unpaired) electrons. The van der Waals surface area contributed by atoms with Gasteiger partial charge in [-0.25, -0.2) is 4.39 Å². The van der Waals surface area contributed by atoms with Crippen LogP contribution in [-0.4, -0.2) is 36.3 Å². The van der Waals surface area contributed by atoms with Gasteiger partial charge in [-0.05, 0) is 31.5 Å². The maximum Gasteiger partial charge on any atom is 0.316 e. The number of piperazine rings is 1. The molecule has 0 aliphatic carbocycles. The summed E-state index contributed by atoms with van der Waals surface area (Å²) in [6, 6.07) is 4.56. The molecule has 1 fully saturated rings. The molecule has 96 valence electrons. The van der Waals surface area contributed by atoms with Crippen LogP contribution in [0.2, 0.25) is 0 Å². The Balaban J connectivity index is 2.27. The molecule has 0 unspecified atom stereocenters. The minimum atomic E-state index is -0.591. The minimum Gasteiger partial charge on any atom is -0.333 e. The van der Waals surface area contributed by atoms with Crippen molar-refractivity contribution >= 4 is 17.5 Å². The fourth-order valence-corrected chi connectivity index (χ4v) is 1.97. The van der Waals surface area contributed by atoms with E-state index in [0.29, 0.717) is 30.9 Å². The van der Waals surface area contributed by atoms with Crippen LogP contribution in [0.3, 0.4) is 0 Å². The number of nitrogens with zero attached hydrogens (tertiary/aromatic N) is 2. The summed E-state index contributed by atoms with van der Waals surface area (Å²) in [7, 11) is 0. The number of hydrogen-bond acceptors (Lipinski definition) is 2. The summed E-state index contributed by atoms with van der Waals surface area (Å²) in [5.41, 5.74) is 0.955. The summed E-state index contributed by atoms with van der Waals surface area (Å²) in [5.74, 6) is -1.48. The van der Waals surface area contributed by atoms with Crippen LogP contribution in [0.4, 0.5) is 10.1 Å². The van der Waals surface area contributed by atoms with E-state index >= 15 is 0 Å². The predicted octanol–water partition coefficient (Wildman–Crippen LogP) is 1.33. The Morgan fingerprint density at radius 3 is 2.56 bits per heavy atom. The van der Waals surface area contributed by atoms with Gasteiger partial charge in [0.1, 0.15) is 5.82 Å². The zero-order valence-corrected chi connectivity index (χ0v) is 10.4. The van der Waals surface area contributed by atoms with E-state index in [1.807, 2.05) is 6.92 Å². The number of aryl methyl sites for hydroxylation is 1. The normalized spacial score (nSPS) is 16.4. The average Bonchev–Trinajstić information content (AvgIpc) is 2.36. The van der Waals surface area contributed by atoms with Crippen molar-refractivity contribution < 1.29 is 14.0 Å². The zero-order chi connectivity index (χ0) is 13.3. The number of carbonyl (C=O) groups excluding carboxylic acids is 2. The lowest BCUT2D eigenvalue weighted by Crippen LogP contribution is -2.54. The predicted molar refractivity (Wildman–Crippen MR) is 65.7 cm³/mol. The molecule has 18 heavy (non-hydrogen) atoms. The van der Waals surface area contributed by atoms with E-state index in [-0.39, 0.29) is 5.82 Å². The number of likely N-dealkylation sites (N-methyl/N-ethyl adjacent to an activating group) is 1. The van der Waals surface area contributed by atoms with Crippen molar-refractivity contribution in [1.29, 1.82) is 0 Å². The van der Waals surface area contributed by atoms with E-state index in [4.69, 9.17) is 0 Å². The number of benzene rings is 1. The summed E-state index contributed by atoms with van der Waals surface area (Å²) in [6.45, 7) is 4.88. The topological polar surface area (TPSA) is 40.6 Å². The third kappa shape index (κ3) is 2.08. The fourth-order valence-electron chi connectivity index (χ4n) is 1.97. The molecule has 0 N–H and O–H groups in total. The highest BCUT2D eigenvalue weighted by molar-refractivity contribution is 6.40. The van der Waals surface area contributed by atoms with Crippen molar-refractivity contribution in [3.8, 4) is 0 Å². The molecule has 0 aromatic heterocycles. The Kier molecular flexibility index (Phi) is 3.32. The molecule has 5 heteroatoms. The number of hydrogen-bond donors (Lipinski definition) is 0. The molecule has 1 heterocycles. The van der Waals surface area contributed by atoms with Gasteiger partial charge in [0.25, 0.3) is 0 Å². The molecule has 1 saturated heterocycles. The SMILES string of the molecule is CCN1CCN(c2ccc(C)c(F)c2)C(=O)C1=O. The third-order valence-electron chi connectivity index (χ3n) is 3.16. The maximum absolute atomic E-state index is 13.5. The largest absolute Gasteiger partial charge is 0.333 e. The first-order valence-electron chi connectivity index (χ1n) is 5.91. The quantitative estimate of drug-likeness (QED) is 0.743. The highest BCUT2D eigenvalue weighted by Gasteiger charge is 2.32. The van der Waals surface area contributed by atoms with E-state index in [9.17, 15) is 14.0 Å². The van der Waals surface area contributed by atoms with E-state index in [1.54, 1.807) is 19.1 Å². The van der Waals surface area contributed by atoms with Crippen molar-refractivity contribution in [3.05, 3.63) is 29.6 Å². The van der Waals surface area contributed by atoms with Gasteiger partial charge in [0.05, 0.1) is 0 Å². The Bertz CT molecular complexity index is 502. The maximum atomic E-state index is 13.5. The van der Waals surface area contributed by atoms with Crippen molar-refractivity contribution in [2.45, 2.75) is 13.8 Å². The van der Waals surface area contributed by atoms with Crippen LogP contribution in [0.15, 0.2) is 18.2 Å². The van der Waals surface area contributed by atoms with Crippen LogP contribution in [0.1, 0.15) is 12.5 Å². The Morgan fingerprint density at radius 2 is 1.94 bits per heavy atom. The molecule has 0 spiro atoms. The molecular weight excluding hydrogens is 235 g/mol. The smallest absolute Gasteiger partial charge is 0.316 e. The van der Waals surface area contributed by atoms with Crippen LogP contribution in [0, 0.1) is 12.7 Å². The second-order valence-electron chi connectivity index (χ2n) is 4.28. The summed E-state index contributed by atoms with van der Waals surface area (Å²) < 4.78 is 13.5. The molecule has 1 aromatic rings. The molecule has 0 saturated carbocycles. The first-order chi connectivity index (χ1) is 8.54. The van der Waals surface area contributed by atoms with Gasteiger partial charge in [-0.1, -0.05) is 6.07 Å². The highest BCUT2D eigenvalue weighted by Crippen LogP contribution is 2.20. The van der Waals surface area contributed by atoms with Gasteiger partial charge in [-0.15, -0.1) is 0 Å². The van der Waals surface area contributed by atoms with Crippen molar-refractivity contribution in [3.63, 3.8) is 0 Å². The summed E-state index contributed by atoms with van der Waals surface area (Å²) in [4.78, 5) is 26.5. The van der Waals surface area contributed by atoms with E-state index in [2.05, 4.69) is 0 Å². The van der Waals surface area contributed by atoms with Crippen LogP contribution in [-0.2, 0) is 9.59 Å². The van der Waals surface area contributed by atoms with E-state index in [1.165, 1.54) is 15.9 Å². The van der Waals surface area contributed by atoms with Gasteiger partial charge in [-0.3, -0.25) is 9.59 Å². The monoisotopic (exact) mass is 250 g/mol. The Labute approximate surface area is 105 Å². The molecule has 2 amide bonds. The Hall–Kier alpha value is -1.91. The van der Waals surface area contributed by atoms with Crippen molar-refractivity contribution in [1.82, 2.24) is 4.90 Å². The lowest BCUT2D eigenvalue weighted by molar-refractivity contribution is -0.146. The van der Waals surface area contributed by atoms with Crippen molar-refractivity contribution in [2.24, 2.45) is 0 Å². The number of carbonyl (C=O) groups is 2. The number of amides is 2. The van der Waals surface area contributed by atoms with Gasteiger partial charge in [0.2, 0.25) is 0 Å². The lowest BCUT2D eigenvalue weighted by atomic mass is 10.2. The van der Waals surface area contributed by atoms with Gasteiger partial charge in [0.15, 0.2) is 0 Å². The number of rotatable bonds is 2. The second-order valence-corrected chi connectivity index (χ2v) is 4.28. The van der Waals surface area contributed by atoms with E-state index in [0.717, 1.165) is 0 Å². The first kappa shape index (κ1) is 12.5. The summed E-state index contributed by atoms with van der Waals surface area (Å²) in [5, 5.41) is 0. The Morgan fingerprint density at radius 1 is 1.22 bits per heavy atom. The van der Waals surface area contributed by atoms with Crippen LogP contribution in [0.5, 0.6) is 0 Å². The molecule has 4 nitrogen and oxygen atoms in total. The number of anilines is 1. The third-order valence-corrected chi connectivity index (χ3v) is 3.16. The second kappa shape index (κ2) is 4.76. The highest BCUT2D eigenvalue weighted by atomic mass is 19.1. The lowest BCUT2D eigenvalue weighted by Gasteiger charge is -2.33. The van der Waals surface area contributed by atoms with Crippen molar-refractivity contribution in [2.75, 3.05) is 24.5 Å². The standard InChI is InChI=1S/C13H15FN2O2/c1-3-15-6-7-16(13(18)12(15)17)10-5-4-9(2)11(14)8-10/h4-5,8H,3,6-7H2,1-2H3. The summed E-state index contributed by atoms with van der Waals surface area (Å²) in [6.07, 6.45) is 0. The molecule has 0 atom stereocenters. The molecular formula is C13H15FN2O2. The van der Waals surface area contributed by atoms with Gasteiger partial charge in [0, 0.05) is 25.3 Å². The summed E-state index contributed by atoms with van der Waals surface area (Å²) >= 11 is 0. The molecule has 1 aliphatic rings. The van der Waals surface area contributed by atoms with Gasteiger partial charge in [-0.2, -0.15) is 0 Å². The molecule has 1 aliphatic heterocycles. The van der Waals surface area contributed by atoms with Crippen LogP contribution >= 0.6 is 0 Å². The van der Waals surface area contributed by atoms with Gasteiger partial charge < -0.3 is 9.80 Å². The minimum absolute atomic E-state index is 0.370. The van der Waals surface area contributed by atoms with Gasteiger partial charge >= 0.3 is 11.8 Å². The molecule has 2 rings (SSSR count).